The van der Waals surface area contributed by atoms with E-state index in [1.165, 1.54) is 0 Å². The monoisotopic (exact) mass is 284 g/mol. The van der Waals surface area contributed by atoms with E-state index in [0.29, 0.717) is 0 Å². The topological polar surface area (TPSA) is 20.2 Å². The molecule has 13 heavy (non-hydrogen) atoms. The Bertz CT molecular complexity index is 343. The second kappa shape index (κ2) is 5.79. The normalized spacial score (nSPS) is 10.5. The molecule has 1 aromatic rings. The van der Waals surface area contributed by atoms with Crippen LogP contribution >= 0.6 is 22.6 Å². The van der Waals surface area contributed by atoms with E-state index < -0.39 is 0 Å². The van der Waals surface area contributed by atoms with Gasteiger partial charge in [-0.15, -0.1) is 0 Å². The first-order valence-electron chi connectivity index (χ1n) is 3.86. The minimum absolute atomic E-state index is 0.0234. The van der Waals surface area contributed by atoms with Crippen LogP contribution in [0.15, 0.2) is 36.4 Å². The van der Waals surface area contributed by atoms with Crippen LogP contribution in [0.3, 0.4) is 0 Å². The van der Waals surface area contributed by atoms with Crippen LogP contribution in [0.1, 0.15) is 5.56 Å². The molecule has 0 aliphatic carbocycles. The smallest absolute Gasteiger partial charge is 0.0627 e. The molecule has 1 nitrogen and oxygen atoms in total. The molecule has 0 saturated carbocycles. The van der Waals surface area contributed by atoms with Crippen molar-refractivity contribution in [3.63, 3.8) is 0 Å². The van der Waals surface area contributed by atoms with E-state index in [2.05, 4.69) is 9.85 Å². The lowest BCUT2D eigenvalue weighted by Crippen LogP contribution is -1.83. The summed E-state index contributed by atoms with van der Waals surface area (Å²) >= 11 is 1.99. The number of benzene rings is 1. The predicted octanol–water partition coefficient (Wildman–Crippen LogP) is 2.46. The maximum absolute atomic E-state index is 8.78. The Hall–Kier alpha value is -0.790. The predicted molar refractivity (Wildman–Crippen MR) is 63.3 cm³/mol. The maximum Gasteiger partial charge on any atom is 0.0627 e. The van der Waals surface area contributed by atoms with Gasteiger partial charge in [-0.1, -0.05) is 36.3 Å². The van der Waals surface area contributed by atoms with Crippen LogP contribution in [0.2, 0.25) is 0 Å². The summed E-state index contributed by atoms with van der Waals surface area (Å²) in [4.78, 5) is 0. The second-order valence-corrected chi connectivity index (χ2v) is 2.93. The van der Waals surface area contributed by atoms with Crippen LogP contribution in [0, 0.1) is 9.85 Å². The van der Waals surface area contributed by atoms with Gasteiger partial charge in [-0.05, 0) is 15.6 Å². The number of halogens is 1. The number of rotatable bonds is 2. The van der Waals surface area contributed by atoms with Crippen molar-refractivity contribution in [2.45, 2.75) is 0 Å². The molecule has 0 radical (unpaired) electrons. The van der Waals surface area contributed by atoms with E-state index in [9.17, 15) is 0 Å². The summed E-state index contributed by atoms with van der Waals surface area (Å²) in [5.74, 6) is 2.94. The molecule has 0 aromatic heterocycles. The quantitative estimate of drug-likeness (QED) is 0.653. The summed E-state index contributed by atoms with van der Waals surface area (Å²) < 4.78 is 2.79. The Balaban J connectivity index is 3.01. The van der Waals surface area contributed by atoms with Gasteiger partial charge in [0.2, 0.25) is 0 Å². The van der Waals surface area contributed by atoms with E-state index >= 15 is 0 Å². The fourth-order valence-electron chi connectivity index (χ4n) is 1.00. The highest BCUT2D eigenvalue weighted by Crippen LogP contribution is 2.12. The highest BCUT2D eigenvalue weighted by molar-refractivity contribution is 14.1. The molecular formula is C11H9IO. The standard InChI is InChI=1S/C11H9IO/c12-8-6-11(7-9-13)10-4-2-1-3-5-10/h1-5,7,13H,9H2/b11-7-. The van der Waals surface area contributed by atoms with Gasteiger partial charge in [0.1, 0.15) is 0 Å². The maximum atomic E-state index is 8.78. The van der Waals surface area contributed by atoms with E-state index in [1.54, 1.807) is 6.08 Å². The molecule has 0 atom stereocenters. The highest BCUT2D eigenvalue weighted by atomic mass is 127. The van der Waals surface area contributed by atoms with Gasteiger partial charge in [-0.25, -0.2) is 0 Å². The molecular weight excluding hydrogens is 275 g/mol. The third-order valence-corrected chi connectivity index (χ3v) is 1.83. The van der Waals surface area contributed by atoms with Crippen LogP contribution in [-0.2, 0) is 0 Å². The summed E-state index contributed by atoms with van der Waals surface area (Å²) in [5.41, 5.74) is 1.92. The fraction of sp³-hybridized carbons (Fsp3) is 0.0909. The molecule has 0 aliphatic heterocycles. The molecule has 1 N–H and O–H groups in total. The van der Waals surface area contributed by atoms with Crippen LogP contribution in [0.4, 0.5) is 0 Å². The van der Waals surface area contributed by atoms with Gasteiger partial charge in [0, 0.05) is 28.2 Å². The first-order chi connectivity index (χ1) is 6.38. The molecule has 0 unspecified atom stereocenters. The molecule has 0 heterocycles. The van der Waals surface area contributed by atoms with Crippen LogP contribution in [-0.4, -0.2) is 11.7 Å². The van der Waals surface area contributed by atoms with Crippen molar-refractivity contribution < 1.29 is 5.11 Å². The summed E-state index contributed by atoms with van der Waals surface area (Å²) in [5, 5.41) is 8.78. The van der Waals surface area contributed by atoms with E-state index in [0.717, 1.165) is 11.1 Å². The Labute approximate surface area is 91.6 Å². The third-order valence-electron chi connectivity index (χ3n) is 1.56. The van der Waals surface area contributed by atoms with E-state index in [-0.39, 0.29) is 6.61 Å². The lowest BCUT2D eigenvalue weighted by atomic mass is 10.1. The van der Waals surface area contributed by atoms with Crippen molar-refractivity contribution in [1.29, 1.82) is 0 Å². The van der Waals surface area contributed by atoms with Crippen molar-refractivity contribution in [3.05, 3.63) is 42.0 Å². The van der Waals surface area contributed by atoms with Crippen LogP contribution in [0.25, 0.3) is 5.57 Å². The zero-order valence-corrected chi connectivity index (χ0v) is 9.15. The molecule has 1 aromatic carbocycles. The van der Waals surface area contributed by atoms with Gasteiger partial charge in [0.25, 0.3) is 0 Å². The largest absolute Gasteiger partial charge is 0.392 e. The SMILES string of the molecule is OC/C=C(/C#CI)c1ccccc1. The van der Waals surface area contributed by atoms with Crippen LogP contribution < -0.4 is 0 Å². The van der Waals surface area contributed by atoms with Crippen molar-refractivity contribution >= 4 is 28.2 Å². The lowest BCUT2D eigenvalue weighted by molar-refractivity contribution is 0.343. The number of allylic oxidation sites excluding steroid dienone is 1. The van der Waals surface area contributed by atoms with Crippen LogP contribution in [0.5, 0.6) is 0 Å². The van der Waals surface area contributed by atoms with Crippen molar-refractivity contribution in [3.8, 4) is 9.85 Å². The zero-order chi connectivity index (χ0) is 9.52. The van der Waals surface area contributed by atoms with Gasteiger partial charge in [-0.3, -0.25) is 0 Å². The average molecular weight is 284 g/mol. The Kier molecular flexibility index (Phi) is 4.58. The lowest BCUT2D eigenvalue weighted by Gasteiger charge is -1.97. The number of aliphatic hydroxyl groups is 1. The molecule has 0 fully saturated rings. The average Bonchev–Trinajstić information content (AvgIpc) is 2.19. The van der Waals surface area contributed by atoms with Gasteiger partial charge >= 0.3 is 0 Å². The number of aliphatic hydroxyl groups excluding tert-OH is 1. The Morgan fingerprint density at radius 1 is 1.38 bits per heavy atom. The zero-order valence-electron chi connectivity index (χ0n) is 7.00. The number of hydrogen-bond acceptors (Lipinski definition) is 1. The fourth-order valence-corrected chi connectivity index (χ4v) is 1.29. The third kappa shape index (κ3) is 3.21. The van der Waals surface area contributed by atoms with Crippen molar-refractivity contribution in [2.24, 2.45) is 0 Å². The summed E-state index contributed by atoms with van der Waals surface area (Å²) in [7, 11) is 0. The van der Waals surface area contributed by atoms with Crippen molar-refractivity contribution in [1.82, 2.24) is 0 Å². The molecule has 1 rings (SSSR count). The molecule has 0 saturated heterocycles. The van der Waals surface area contributed by atoms with E-state index in [4.69, 9.17) is 5.11 Å². The second-order valence-electron chi connectivity index (χ2n) is 2.39. The molecule has 66 valence electrons. The Morgan fingerprint density at radius 2 is 2.08 bits per heavy atom. The number of hydrogen-bond donors (Lipinski definition) is 1. The Morgan fingerprint density at radius 3 is 2.62 bits per heavy atom. The van der Waals surface area contributed by atoms with Gasteiger partial charge in [0.15, 0.2) is 0 Å². The van der Waals surface area contributed by atoms with Gasteiger partial charge in [-0.2, -0.15) is 0 Å². The minimum atomic E-state index is 0.0234. The molecule has 0 spiro atoms. The summed E-state index contributed by atoms with van der Waals surface area (Å²) in [6.45, 7) is 0.0234. The van der Waals surface area contributed by atoms with E-state index in [1.807, 2.05) is 52.9 Å². The van der Waals surface area contributed by atoms with Gasteiger partial charge < -0.3 is 5.11 Å². The first-order valence-corrected chi connectivity index (χ1v) is 4.94. The molecule has 0 aliphatic rings. The van der Waals surface area contributed by atoms with Crippen molar-refractivity contribution in [2.75, 3.05) is 6.61 Å². The summed E-state index contributed by atoms with van der Waals surface area (Å²) in [6.07, 6.45) is 1.71. The summed E-state index contributed by atoms with van der Waals surface area (Å²) in [6, 6.07) is 9.81. The molecule has 2 heteroatoms. The minimum Gasteiger partial charge on any atom is -0.392 e. The first kappa shape index (κ1) is 10.3. The molecule has 0 bridgehead atoms. The highest BCUT2D eigenvalue weighted by Gasteiger charge is 1.94. The molecule has 0 amide bonds. The van der Waals surface area contributed by atoms with Gasteiger partial charge in [0.05, 0.1) is 6.61 Å².